The number of carbonyl (C=O) groups is 1. The number of halogens is 1. The Hall–Kier alpha value is -2.49. The number of allylic oxidation sites excluding steroid dienone is 2. The SMILES string of the molecule is O=C(NC(c1ccncc1)c1ccc(F)cc1)C1CC=CC1. The normalized spacial score (nSPS) is 15.7. The van der Waals surface area contributed by atoms with Crippen LogP contribution in [-0.2, 0) is 4.79 Å². The Morgan fingerprint density at radius 2 is 1.64 bits per heavy atom. The molecule has 0 fully saturated rings. The summed E-state index contributed by atoms with van der Waals surface area (Å²) in [5, 5.41) is 3.08. The second kappa shape index (κ2) is 6.52. The number of carbonyl (C=O) groups excluding carboxylic acids is 1. The molecule has 2 aromatic rings. The van der Waals surface area contributed by atoms with Crippen LogP contribution in [0.2, 0.25) is 0 Å². The summed E-state index contributed by atoms with van der Waals surface area (Å²) in [7, 11) is 0. The molecule has 1 heterocycles. The van der Waals surface area contributed by atoms with Gasteiger partial charge in [-0.1, -0.05) is 24.3 Å². The minimum absolute atomic E-state index is 0.00946. The maximum atomic E-state index is 13.2. The molecule has 0 saturated heterocycles. The minimum atomic E-state index is -0.295. The van der Waals surface area contributed by atoms with Gasteiger partial charge >= 0.3 is 0 Å². The Bertz CT molecular complexity index is 659. The highest BCUT2D eigenvalue weighted by molar-refractivity contribution is 5.80. The molecule has 3 rings (SSSR count). The van der Waals surface area contributed by atoms with E-state index in [1.54, 1.807) is 24.5 Å². The third kappa shape index (κ3) is 3.22. The molecule has 1 atom stereocenters. The van der Waals surface area contributed by atoms with Crippen molar-refractivity contribution in [3.8, 4) is 0 Å². The van der Waals surface area contributed by atoms with Gasteiger partial charge in [0.05, 0.1) is 6.04 Å². The molecule has 0 spiro atoms. The Labute approximate surface area is 128 Å². The summed E-state index contributed by atoms with van der Waals surface area (Å²) < 4.78 is 13.2. The summed E-state index contributed by atoms with van der Waals surface area (Å²) in [6.45, 7) is 0. The number of hydrogen-bond acceptors (Lipinski definition) is 2. The molecule has 4 heteroatoms. The summed E-state index contributed by atoms with van der Waals surface area (Å²) in [6, 6.07) is 9.65. The fraction of sp³-hybridized carbons (Fsp3) is 0.222. The van der Waals surface area contributed by atoms with Gasteiger partial charge in [0.1, 0.15) is 5.82 Å². The molecule has 1 N–H and O–H groups in total. The number of hydrogen-bond donors (Lipinski definition) is 1. The van der Waals surface area contributed by atoms with Crippen LogP contribution in [0.1, 0.15) is 30.0 Å². The van der Waals surface area contributed by atoms with Crippen molar-refractivity contribution in [1.82, 2.24) is 10.3 Å². The van der Waals surface area contributed by atoms with E-state index in [1.807, 2.05) is 24.3 Å². The van der Waals surface area contributed by atoms with E-state index in [0.717, 1.165) is 24.0 Å². The molecule has 112 valence electrons. The Balaban J connectivity index is 1.86. The summed E-state index contributed by atoms with van der Waals surface area (Å²) in [6.07, 6.45) is 8.99. The van der Waals surface area contributed by atoms with Gasteiger partial charge in [-0.25, -0.2) is 4.39 Å². The number of rotatable bonds is 4. The third-order valence-corrected chi connectivity index (χ3v) is 3.91. The van der Waals surface area contributed by atoms with Crippen molar-refractivity contribution in [3.05, 3.63) is 77.9 Å². The summed E-state index contributed by atoms with van der Waals surface area (Å²) >= 11 is 0. The number of benzene rings is 1. The fourth-order valence-corrected chi connectivity index (χ4v) is 2.66. The van der Waals surface area contributed by atoms with Gasteiger partial charge in [0.2, 0.25) is 5.91 Å². The van der Waals surface area contributed by atoms with Gasteiger partial charge in [0.15, 0.2) is 0 Å². The van der Waals surface area contributed by atoms with E-state index in [0.29, 0.717) is 0 Å². The zero-order chi connectivity index (χ0) is 15.4. The lowest BCUT2D eigenvalue weighted by molar-refractivity contribution is -0.125. The molecule has 0 aliphatic heterocycles. The number of amides is 1. The third-order valence-electron chi connectivity index (χ3n) is 3.91. The molecule has 1 aromatic heterocycles. The second-order valence-electron chi connectivity index (χ2n) is 5.41. The van der Waals surface area contributed by atoms with E-state index in [9.17, 15) is 9.18 Å². The zero-order valence-corrected chi connectivity index (χ0v) is 12.1. The molecule has 1 amide bonds. The summed E-state index contributed by atoms with van der Waals surface area (Å²) in [5.74, 6) is -0.274. The van der Waals surface area contributed by atoms with Crippen LogP contribution in [0.3, 0.4) is 0 Å². The van der Waals surface area contributed by atoms with Gasteiger partial charge in [-0.2, -0.15) is 0 Å². The van der Waals surface area contributed by atoms with E-state index < -0.39 is 0 Å². The van der Waals surface area contributed by atoms with Gasteiger partial charge in [-0.3, -0.25) is 9.78 Å². The van der Waals surface area contributed by atoms with Crippen molar-refractivity contribution in [2.75, 3.05) is 0 Å². The van der Waals surface area contributed by atoms with Crippen LogP contribution in [0.4, 0.5) is 4.39 Å². The van der Waals surface area contributed by atoms with Gasteiger partial charge < -0.3 is 5.32 Å². The lowest BCUT2D eigenvalue weighted by Crippen LogP contribution is -2.33. The first-order chi connectivity index (χ1) is 10.7. The maximum Gasteiger partial charge on any atom is 0.224 e. The Kier molecular flexibility index (Phi) is 4.28. The smallest absolute Gasteiger partial charge is 0.224 e. The van der Waals surface area contributed by atoms with E-state index in [1.165, 1.54) is 12.1 Å². The van der Waals surface area contributed by atoms with Crippen molar-refractivity contribution in [1.29, 1.82) is 0 Å². The predicted molar refractivity (Wildman–Crippen MR) is 82.5 cm³/mol. The van der Waals surface area contributed by atoms with Crippen LogP contribution < -0.4 is 5.32 Å². The van der Waals surface area contributed by atoms with Crippen molar-refractivity contribution in [3.63, 3.8) is 0 Å². The molecular formula is C18H17FN2O. The van der Waals surface area contributed by atoms with E-state index in [4.69, 9.17) is 0 Å². The molecule has 0 radical (unpaired) electrons. The predicted octanol–water partition coefficient (Wildman–Crippen LogP) is 3.39. The standard InChI is InChI=1S/C18H17FN2O/c19-16-7-5-13(6-8-16)17(14-9-11-20-12-10-14)21-18(22)15-3-1-2-4-15/h1-2,5-12,15,17H,3-4H2,(H,21,22). The van der Waals surface area contributed by atoms with Crippen molar-refractivity contribution >= 4 is 5.91 Å². The average Bonchev–Trinajstić information content (AvgIpc) is 3.09. The van der Waals surface area contributed by atoms with Crippen LogP contribution in [-0.4, -0.2) is 10.9 Å². The lowest BCUT2D eigenvalue weighted by atomic mass is 9.98. The molecule has 1 aromatic carbocycles. The summed E-state index contributed by atoms with van der Waals surface area (Å²) in [5.41, 5.74) is 1.79. The van der Waals surface area contributed by atoms with E-state index >= 15 is 0 Å². The lowest BCUT2D eigenvalue weighted by Gasteiger charge is -2.21. The van der Waals surface area contributed by atoms with E-state index in [2.05, 4.69) is 10.3 Å². The molecule has 0 bridgehead atoms. The average molecular weight is 296 g/mol. The van der Waals surface area contributed by atoms with Crippen LogP contribution in [0, 0.1) is 11.7 Å². The molecule has 0 saturated carbocycles. The summed E-state index contributed by atoms with van der Waals surface area (Å²) in [4.78, 5) is 16.4. The number of nitrogens with one attached hydrogen (secondary N) is 1. The first-order valence-electron chi connectivity index (χ1n) is 7.35. The number of pyridine rings is 1. The van der Waals surface area contributed by atoms with Gasteiger partial charge in [-0.15, -0.1) is 0 Å². The highest BCUT2D eigenvalue weighted by atomic mass is 19.1. The Morgan fingerprint density at radius 3 is 2.27 bits per heavy atom. The monoisotopic (exact) mass is 296 g/mol. The second-order valence-corrected chi connectivity index (χ2v) is 5.41. The van der Waals surface area contributed by atoms with Gasteiger partial charge in [0.25, 0.3) is 0 Å². The first-order valence-corrected chi connectivity index (χ1v) is 7.35. The van der Waals surface area contributed by atoms with Crippen LogP contribution in [0.25, 0.3) is 0 Å². The van der Waals surface area contributed by atoms with Crippen LogP contribution in [0.15, 0.2) is 60.9 Å². The van der Waals surface area contributed by atoms with E-state index in [-0.39, 0.29) is 23.7 Å². The highest BCUT2D eigenvalue weighted by Crippen LogP contribution is 2.24. The highest BCUT2D eigenvalue weighted by Gasteiger charge is 2.23. The van der Waals surface area contributed by atoms with Crippen LogP contribution in [0.5, 0.6) is 0 Å². The van der Waals surface area contributed by atoms with Crippen molar-refractivity contribution in [2.45, 2.75) is 18.9 Å². The van der Waals surface area contributed by atoms with Gasteiger partial charge in [0, 0.05) is 18.3 Å². The molecule has 1 unspecified atom stereocenters. The van der Waals surface area contributed by atoms with Crippen molar-refractivity contribution < 1.29 is 9.18 Å². The molecule has 22 heavy (non-hydrogen) atoms. The fourth-order valence-electron chi connectivity index (χ4n) is 2.66. The maximum absolute atomic E-state index is 13.2. The minimum Gasteiger partial charge on any atom is -0.345 e. The topological polar surface area (TPSA) is 42.0 Å². The number of nitrogens with zero attached hydrogens (tertiary/aromatic N) is 1. The number of aromatic nitrogens is 1. The zero-order valence-electron chi connectivity index (χ0n) is 12.1. The van der Waals surface area contributed by atoms with Gasteiger partial charge in [-0.05, 0) is 48.2 Å². The molecule has 1 aliphatic rings. The first kappa shape index (κ1) is 14.4. The molecule has 1 aliphatic carbocycles. The molecule has 3 nitrogen and oxygen atoms in total. The largest absolute Gasteiger partial charge is 0.345 e. The van der Waals surface area contributed by atoms with Crippen LogP contribution >= 0.6 is 0 Å². The Morgan fingerprint density at radius 1 is 1.05 bits per heavy atom. The molecular weight excluding hydrogens is 279 g/mol. The van der Waals surface area contributed by atoms with Crippen molar-refractivity contribution in [2.24, 2.45) is 5.92 Å². The quantitative estimate of drug-likeness (QED) is 0.879.